The fourth-order valence-corrected chi connectivity index (χ4v) is 1.04. The van der Waals surface area contributed by atoms with Crippen molar-refractivity contribution in [3.8, 4) is 0 Å². The highest BCUT2D eigenvalue weighted by atomic mass is 79.9. The summed E-state index contributed by atoms with van der Waals surface area (Å²) in [5.74, 6) is 0. The van der Waals surface area contributed by atoms with E-state index in [0.29, 0.717) is 0 Å². The first-order valence-electron chi connectivity index (χ1n) is 3.55. The van der Waals surface area contributed by atoms with Gasteiger partial charge in [-0.05, 0) is 28.9 Å². The summed E-state index contributed by atoms with van der Waals surface area (Å²) in [6, 6.07) is 2.88. The highest BCUT2D eigenvalue weighted by Crippen LogP contribution is 2.41. The van der Waals surface area contributed by atoms with E-state index < -0.39 is 10.4 Å². The van der Waals surface area contributed by atoms with Crippen LogP contribution in [0.3, 0.4) is 0 Å². The molecule has 1 heterocycles. The van der Waals surface area contributed by atoms with Gasteiger partial charge in [0.05, 0.1) is 0 Å². The standard InChI is InChI=1S/C8H8BrF2NO/c1-7(13,8(9,10)11)6-3-2-4-12-5-6/h2-5,13H,1H3. The third-order valence-electron chi connectivity index (χ3n) is 1.78. The van der Waals surface area contributed by atoms with Gasteiger partial charge in [0.25, 0.3) is 0 Å². The predicted octanol–water partition coefficient (Wildman–Crippen LogP) is 2.28. The number of rotatable bonds is 2. The van der Waals surface area contributed by atoms with Crippen molar-refractivity contribution in [1.29, 1.82) is 0 Å². The lowest BCUT2D eigenvalue weighted by Crippen LogP contribution is -2.37. The van der Waals surface area contributed by atoms with Gasteiger partial charge < -0.3 is 5.11 Å². The molecule has 1 aromatic rings. The zero-order chi connectivity index (χ0) is 10.1. The molecule has 0 amide bonds. The van der Waals surface area contributed by atoms with Crippen molar-refractivity contribution in [1.82, 2.24) is 4.98 Å². The molecule has 2 nitrogen and oxygen atoms in total. The molecule has 0 saturated carbocycles. The molecule has 1 aromatic heterocycles. The highest BCUT2D eigenvalue weighted by molar-refractivity contribution is 9.10. The topological polar surface area (TPSA) is 33.1 Å². The molecule has 0 aromatic carbocycles. The highest BCUT2D eigenvalue weighted by Gasteiger charge is 2.48. The zero-order valence-corrected chi connectivity index (χ0v) is 8.42. The summed E-state index contributed by atoms with van der Waals surface area (Å²) < 4.78 is 25.6. The van der Waals surface area contributed by atoms with E-state index in [1.807, 2.05) is 0 Å². The molecule has 0 saturated heterocycles. The second-order valence-corrected chi connectivity index (χ2v) is 3.81. The van der Waals surface area contributed by atoms with E-state index in [1.54, 1.807) is 0 Å². The molecular weight excluding hydrogens is 244 g/mol. The molecule has 1 atom stereocenters. The molecule has 13 heavy (non-hydrogen) atoms. The first-order valence-corrected chi connectivity index (χ1v) is 4.34. The molecule has 0 aliphatic rings. The predicted molar refractivity (Wildman–Crippen MR) is 47.7 cm³/mol. The minimum Gasteiger partial charge on any atom is -0.378 e. The Morgan fingerprint density at radius 1 is 1.54 bits per heavy atom. The van der Waals surface area contributed by atoms with E-state index in [4.69, 9.17) is 0 Å². The van der Waals surface area contributed by atoms with E-state index in [1.165, 1.54) is 24.5 Å². The first-order chi connectivity index (χ1) is 5.86. The van der Waals surface area contributed by atoms with Gasteiger partial charge in [0, 0.05) is 18.0 Å². The SMILES string of the molecule is CC(O)(c1cccnc1)C(F)(F)Br. The lowest BCUT2D eigenvalue weighted by atomic mass is 9.99. The quantitative estimate of drug-likeness (QED) is 0.819. The molecule has 1 unspecified atom stereocenters. The fourth-order valence-electron chi connectivity index (χ4n) is 0.814. The average molecular weight is 252 g/mol. The Bertz CT molecular complexity index is 284. The number of pyridine rings is 1. The van der Waals surface area contributed by atoms with Gasteiger partial charge in [0.15, 0.2) is 5.60 Å². The van der Waals surface area contributed by atoms with Gasteiger partial charge in [-0.15, -0.1) is 0 Å². The Balaban J connectivity index is 3.08. The third-order valence-corrected chi connectivity index (χ3v) is 2.55. The van der Waals surface area contributed by atoms with Crippen LogP contribution in [0.1, 0.15) is 12.5 Å². The molecule has 1 N–H and O–H groups in total. The molecule has 0 spiro atoms. The third kappa shape index (κ3) is 2.03. The number of aromatic nitrogens is 1. The number of halogens is 3. The molecule has 0 bridgehead atoms. The Hall–Kier alpha value is -0.550. The van der Waals surface area contributed by atoms with Crippen molar-refractivity contribution in [2.45, 2.75) is 17.4 Å². The lowest BCUT2D eigenvalue weighted by molar-refractivity contribution is -0.109. The Morgan fingerprint density at radius 2 is 2.15 bits per heavy atom. The molecule has 0 aliphatic heterocycles. The minimum absolute atomic E-state index is 0.0666. The minimum atomic E-state index is -3.37. The van der Waals surface area contributed by atoms with Crippen molar-refractivity contribution >= 4 is 15.9 Å². The molecular formula is C8H8BrF2NO. The van der Waals surface area contributed by atoms with Crippen LogP contribution in [0, 0.1) is 0 Å². The van der Waals surface area contributed by atoms with Gasteiger partial charge >= 0.3 is 4.83 Å². The van der Waals surface area contributed by atoms with E-state index in [0.717, 1.165) is 6.92 Å². The second kappa shape index (κ2) is 3.31. The number of hydrogen-bond acceptors (Lipinski definition) is 2. The van der Waals surface area contributed by atoms with Crippen LogP contribution in [-0.2, 0) is 5.60 Å². The van der Waals surface area contributed by atoms with Crippen LogP contribution >= 0.6 is 15.9 Å². The molecule has 72 valence electrons. The van der Waals surface area contributed by atoms with Crippen LogP contribution in [0.4, 0.5) is 8.78 Å². The van der Waals surface area contributed by atoms with Crippen molar-refractivity contribution < 1.29 is 13.9 Å². The maximum absolute atomic E-state index is 12.8. The summed E-state index contributed by atoms with van der Waals surface area (Å²) in [5, 5.41) is 9.49. The van der Waals surface area contributed by atoms with Crippen molar-refractivity contribution in [2.75, 3.05) is 0 Å². The maximum Gasteiger partial charge on any atom is 0.333 e. The van der Waals surface area contributed by atoms with Gasteiger partial charge in [-0.2, -0.15) is 8.78 Å². The number of hydrogen-bond donors (Lipinski definition) is 1. The summed E-state index contributed by atoms with van der Waals surface area (Å²) in [5.41, 5.74) is -2.18. The van der Waals surface area contributed by atoms with Gasteiger partial charge in [-0.25, -0.2) is 0 Å². The van der Waals surface area contributed by atoms with Crippen LogP contribution in [0.5, 0.6) is 0 Å². The summed E-state index contributed by atoms with van der Waals surface area (Å²) in [4.78, 5) is 0.278. The maximum atomic E-state index is 12.8. The van der Waals surface area contributed by atoms with Gasteiger partial charge in [0.1, 0.15) is 0 Å². The Labute approximate surface area is 82.7 Å². The van der Waals surface area contributed by atoms with E-state index in [-0.39, 0.29) is 5.56 Å². The molecule has 0 fully saturated rings. The van der Waals surface area contributed by atoms with Crippen LogP contribution < -0.4 is 0 Å². The summed E-state index contributed by atoms with van der Waals surface area (Å²) in [6.45, 7) is 1.03. The van der Waals surface area contributed by atoms with Gasteiger partial charge in [-0.3, -0.25) is 4.98 Å². The van der Waals surface area contributed by atoms with Crippen LogP contribution in [0.15, 0.2) is 24.5 Å². The van der Waals surface area contributed by atoms with Crippen molar-refractivity contribution in [3.05, 3.63) is 30.1 Å². The van der Waals surface area contributed by atoms with Crippen molar-refractivity contribution in [2.24, 2.45) is 0 Å². The monoisotopic (exact) mass is 251 g/mol. The molecule has 1 rings (SSSR count). The Kier molecular flexibility index (Phi) is 2.68. The largest absolute Gasteiger partial charge is 0.378 e. The van der Waals surface area contributed by atoms with Crippen molar-refractivity contribution in [3.63, 3.8) is 0 Å². The zero-order valence-electron chi connectivity index (χ0n) is 6.84. The summed E-state index contributed by atoms with van der Waals surface area (Å²) in [6.07, 6.45) is 2.65. The summed E-state index contributed by atoms with van der Waals surface area (Å²) in [7, 11) is 0. The van der Waals surface area contributed by atoms with Gasteiger partial charge in [-0.1, -0.05) is 6.07 Å². The number of alkyl halides is 3. The smallest absolute Gasteiger partial charge is 0.333 e. The van der Waals surface area contributed by atoms with Crippen LogP contribution in [0.25, 0.3) is 0 Å². The average Bonchev–Trinajstić information content (AvgIpc) is 2.04. The molecule has 5 heteroatoms. The molecule has 0 radical (unpaired) electrons. The van der Waals surface area contributed by atoms with Gasteiger partial charge in [0.2, 0.25) is 0 Å². The second-order valence-electron chi connectivity index (χ2n) is 2.81. The number of nitrogens with zero attached hydrogens (tertiary/aromatic N) is 1. The van der Waals surface area contributed by atoms with E-state index >= 15 is 0 Å². The fraction of sp³-hybridized carbons (Fsp3) is 0.375. The summed E-state index contributed by atoms with van der Waals surface area (Å²) >= 11 is 2.13. The Morgan fingerprint density at radius 3 is 2.54 bits per heavy atom. The van der Waals surface area contributed by atoms with E-state index in [9.17, 15) is 13.9 Å². The first kappa shape index (κ1) is 10.5. The van der Waals surface area contributed by atoms with E-state index in [2.05, 4.69) is 20.9 Å². The number of aliphatic hydroxyl groups is 1. The normalized spacial score (nSPS) is 16.7. The van der Waals surface area contributed by atoms with Crippen LogP contribution in [0.2, 0.25) is 0 Å². The molecule has 0 aliphatic carbocycles. The van der Waals surface area contributed by atoms with Crippen LogP contribution in [-0.4, -0.2) is 14.9 Å². The lowest BCUT2D eigenvalue weighted by Gasteiger charge is -2.28.